The number of aromatic hydroxyl groups is 1. The van der Waals surface area contributed by atoms with Crippen LogP contribution < -0.4 is 0 Å². The molecule has 2 aliphatic heterocycles. The van der Waals surface area contributed by atoms with Gasteiger partial charge in [-0.3, -0.25) is 9.59 Å². The van der Waals surface area contributed by atoms with E-state index in [0.29, 0.717) is 38.3 Å². The van der Waals surface area contributed by atoms with E-state index in [0.717, 1.165) is 35.1 Å². The Balaban J connectivity index is 1.17. The molecule has 0 bridgehead atoms. The molecule has 0 radical (unpaired) electrons. The van der Waals surface area contributed by atoms with Crippen LogP contribution in [0.5, 0.6) is 5.75 Å². The molecule has 3 aromatic rings. The number of rotatable bonds is 2. The van der Waals surface area contributed by atoms with Gasteiger partial charge < -0.3 is 19.9 Å². The number of amides is 2. The predicted octanol–water partition coefficient (Wildman–Crippen LogP) is 2.11. The van der Waals surface area contributed by atoms with E-state index in [1.54, 1.807) is 18.2 Å². The highest BCUT2D eigenvalue weighted by atomic mass is 16.3. The van der Waals surface area contributed by atoms with Crippen LogP contribution >= 0.6 is 0 Å². The van der Waals surface area contributed by atoms with Crippen molar-refractivity contribution >= 4 is 22.7 Å². The van der Waals surface area contributed by atoms with E-state index >= 15 is 0 Å². The molecule has 3 aliphatic rings. The summed E-state index contributed by atoms with van der Waals surface area (Å²) in [5.41, 5.74) is 2.86. The van der Waals surface area contributed by atoms with Gasteiger partial charge in [0, 0.05) is 66.3 Å². The fourth-order valence-electron chi connectivity index (χ4n) is 6.11. The minimum atomic E-state index is -0.156. The molecule has 4 heterocycles. The molecule has 1 unspecified atom stereocenters. The lowest BCUT2D eigenvalue weighted by molar-refractivity contribution is -0.135. The Labute approximate surface area is 191 Å². The number of carbonyl (C=O) groups is 2. The lowest BCUT2D eigenvalue weighted by Gasteiger charge is -2.29. The van der Waals surface area contributed by atoms with Gasteiger partial charge in [-0.2, -0.15) is 15.4 Å². The topological polar surface area (TPSA) is 118 Å². The van der Waals surface area contributed by atoms with Crippen LogP contribution in [0.25, 0.3) is 10.9 Å². The molecule has 9 heteroatoms. The van der Waals surface area contributed by atoms with Gasteiger partial charge in [-0.15, -0.1) is 0 Å². The summed E-state index contributed by atoms with van der Waals surface area (Å²) < 4.78 is 0. The third-order valence-electron chi connectivity index (χ3n) is 8.27. The molecule has 9 nitrogen and oxygen atoms in total. The maximum atomic E-state index is 13.4. The maximum absolute atomic E-state index is 13.4. The van der Waals surface area contributed by atoms with E-state index in [4.69, 9.17) is 0 Å². The molecule has 2 amide bonds. The first-order valence-electron chi connectivity index (χ1n) is 11.5. The molecule has 33 heavy (non-hydrogen) atoms. The smallest absolute Gasteiger partial charge is 0.270 e. The Morgan fingerprint density at radius 2 is 1.73 bits per heavy atom. The van der Waals surface area contributed by atoms with Crippen molar-refractivity contribution in [2.24, 2.45) is 16.7 Å². The summed E-state index contributed by atoms with van der Waals surface area (Å²) in [4.78, 5) is 33.8. The van der Waals surface area contributed by atoms with E-state index in [1.807, 2.05) is 15.9 Å². The molecule has 1 aromatic carbocycles. The summed E-state index contributed by atoms with van der Waals surface area (Å²) in [7, 11) is 0. The fraction of sp³-hybridized carbons (Fsp3) is 0.500. The Kier molecular flexibility index (Phi) is 4.19. The van der Waals surface area contributed by atoms with Crippen molar-refractivity contribution in [1.29, 1.82) is 0 Å². The zero-order chi connectivity index (χ0) is 23.0. The third kappa shape index (κ3) is 3.05. The molecular weight excluding hydrogens is 420 g/mol. The SMILES string of the molecule is C[C@@]12CN(C(=O)c3cc4ccc(O)cc4[nH]3)C[C@]1(C)CN(C(=O)C1CCc3n[nH]nc3C1)C2. The average Bonchev–Trinajstić information content (AvgIpc) is 3.51. The van der Waals surface area contributed by atoms with Crippen molar-refractivity contribution in [3.63, 3.8) is 0 Å². The zero-order valence-corrected chi connectivity index (χ0v) is 18.9. The van der Waals surface area contributed by atoms with Crippen LogP contribution in [0.2, 0.25) is 0 Å². The van der Waals surface area contributed by atoms with Crippen molar-refractivity contribution in [2.75, 3.05) is 26.2 Å². The molecule has 3 N–H and O–H groups in total. The summed E-state index contributed by atoms with van der Waals surface area (Å²) in [6.45, 7) is 6.96. The monoisotopic (exact) mass is 448 g/mol. The standard InChI is InChI=1S/C24H28N6O3/c1-23-10-29(21(32)15-4-6-17-19(8-15)27-28-26-17)11-24(23,2)13-30(12-23)22(33)20-7-14-3-5-16(31)9-18(14)25-20/h3,5,7,9,15,25,31H,4,6,8,10-13H2,1-2H3,(H,26,27,28)/t15?,23-,24+. The van der Waals surface area contributed by atoms with Crippen molar-refractivity contribution in [3.05, 3.63) is 41.3 Å². The van der Waals surface area contributed by atoms with Gasteiger partial charge in [-0.25, -0.2) is 0 Å². The summed E-state index contributed by atoms with van der Waals surface area (Å²) >= 11 is 0. The Morgan fingerprint density at radius 1 is 1.03 bits per heavy atom. The first-order valence-corrected chi connectivity index (χ1v) is 11.5. The van der Waals surface area contributed by atoms with E-state index in [-0.39, 0.29) is 34.3 Å². The van der Waals surface area contributed by atoms with Crippen LogP contribution in [0, 0.1) is 16.7 Å². The molecule has 1 aliphatic carbocycles. The number of carbonyl (C=O) groups excluding carboxylic acids is 2. The first-order chi connectivity index (χ1) is 15.7. The number of aromatic nitrogens is 4. The van der Waals surface area contributed by atoms with Gasteiger partial charge in [0.25, 0.3) is 5.91 Å². The predicted molar refractivity (Wildman–Crippen MR) is 121 cm³/mol. The molecule has 6 rings (SSSR count). The van der Waals surface area contributed by atoms with Gasteiger partial charge in [0.2, 0.25) is 5.91 Å². The largest absolute Gasteiger partial charge is 0.508 e. The van der Waals surface area contributed by atoms with Gasteiger partial charge in [0.15, 0.2) is 0 Å². The molecule has 0 spiro atoms. The number of phenolic OH excluding ortho intramolecular Hbond substituents is 1. The van der Waals surface area contributed by atoms with Crippen molar-refractivity contribution in [3.8, 4) is 5.75 Å². The number of hydrogen-bond acceptors (Lipinski definition) is 5. The summed E-state index contributed by atoms with van der Waals surface area (Å²) in [6, 6.07) is 6.89. The van der Waals surface area contributed by atoms with E-state index in [9.17, 15) is 14.7 Å². The van der Waals surface area contributed by atoms with Crippen LogP contribution in [-0.4, -0.2) is 73.3 Å². The van der Waals surface area contributed by atoms with E-state index in [2.05, 4.69) is 34.2 Å². The van der Waals surface area contributed by atoms with Crippen LogP contribution in [0.4, 0.5) is 0 Å². The molecule has 2 fully saturated rings. The summed E-state index contributed by atoms with van der Waals surface area (Å²) in [5.74, 6) is 0.288. The zero-order valence-electron chi connectivity index (χ0n) is 18.9. The molecule has 2 aromatic heterocycles. The van der Waals surface area contributed by atoms with Gasteiger partial charge in [0.1, 0.15) is 11.4 Å². The maximum Gasteiger partial charge on any atom is 0.270 e. The minimum absolute atomic E-state index is 0.0359. The molecular formula is C24H28N6O3. The fourth-order valence-corrected chi connectivity index (χ4v) is 6.11. The molecule has 3 atom stereocenters. The summed E-state index contributed by atoms with van der Waals surface area (Å²) in [6.07, 6.45) is 2.24. The number of nitrogens with zero attached hydrogens (tertiary/aromatic N) is 4. The van der Waals surface area contributed by atoms with Gasteiger partial charge in [-0.05, 0) is 31.0 Å². The van der Waals surface area contributed by atoms with Gasteiger partial charge in [0.05, 0.1) is 11.4 Å². The number of fused-ring (bicyclic) bond motifs is 3. The second-order valence-corrected chi connectivity index (χ2v) is 10.6. The van der Waals surface area contributed by atoms with Gasteiger partial charge >= 0.3 is 0 Å². The number of nitrogens with one attached hydrogen (secondary N) is 2. The van der Waals surface area contributed by atoms with Crippen molar-refractivity contribution in [2.45, 2.75) is 33.1 Å². The normalized spacial score (nSPS) is 28.8. The first kappa shape index (κ1) is 20.3. The highest BCUT2D eigenvalue weighted by Crippen LogP contribution is 2.52. The number of phenols is 1. The summed E-state index contributed by atoms with van der Waals surface area (Å²) in [5, 5.41) is 21.7. The average molecular weight is 449 g/mol. The quantitative estimate of drug-likeness (QED) is 0.555. The Bertz CT molecular complexity index is 1260. The number of hydrogen-bond donors (Lipinski definition) is 3. The lowest BCUT2D eigenvalue weighted by atomic mass is 9.71. The van der Waals surface area contributed by atoms with E-state index in [1.165, 1.54) is 0 Å². The number of aromatic amines is 2. The van der Waals surface area contributed by atoms with Crippen molar-refractivity contribution in [1.82, 2.24) is 30.2 Å². The molecule has 172 valence electrons. The number of H-pyrrole nitrogens is 2. The number of likely N-dealkylation sites (tertiary alicyclic amines) is 2. The van der Waals surface area contributed by atoms with Crippen molar-refractivity contribution < 1.29 is 14.7 Å². The lowest BCUT2D eigenvalue weighted by Crippen LogP contribution is -2.41. The van der Waals surface area contributed by atoms with Crippen LogP contribution in [0.15, 0.2) is 24.3 Å². The van der Waals surface area contributed by atoms with Crippen LogP contribution in [-0.2, 0) is 17.6 Å². The Hall–Kier alpha value is -3.36. The van der Waals surface area contributed by atoms with E-state index < -0.39 is 0 Å². The minimum Gasteiger partial charge on any atom is -0.508 e. The highest BCUT2D eigenvalue weighted by Gasteiger charge is 2.59. The Morgan fingerprint density at radius 3 is 2.48 bits per heavy atom. The number of benzene rings is 1. The molecule has 2 saturated heterocycles. The molecule has 0 saturated carbocycles. The second kappa shape index (κ2) is 6.82. The third-order valence-corrected chi connectivity index (χ3v) is 8.27. The number of aryl methyl sites for hydroxylation is 1. The van der Waals surface area contributed by atoms with Gasteiger partial charge in [-0.1, -0.05) is 13.8 Å². The van der Waals surface area contributed by atoms with Crippen LogP contribution in [0.1, 0.15) is 42.1 Å². The second-order valence-electron chi connectivity index (χ2n) is 10.6. The van der Waals surface area contributed by atoms with Crippen LogP contribution in [0.3, 0.4) is 0 Å². The highest BCUT2D eigenvalue weighted by molar-refractivity contribution is 5.98.